The van der Waals surface area contributed by atoms with Crippen molar-refractivity contribution in [2.75, 3.05) is 12.4 Å². The quantitative estimate of drug-likeness (QED) is 0.496. The van der Waals surface area contributed by atoms with Gasteiger partial charge in [-0.05, 0) is 40.0 Å². The summed E-state index contributed by atoms with van der Waals surface area (Å²) in [6.45, 7) is 3.57. The molecule has 2 aromatic heterocycles. The van der Waals surface area contributed by atoms with Crippen molar-refractivity contribution >= 4 is 50.4 Å². The molecular formula is C21H23BrN6O3. The lowest BCUT2D eigenvalue weighted by Gasteiger charge is -2.30. The van der Waals surface area contributed by atoms with Crippen molar-refractivity contribution in [2.45, 2.75) is 26.4 Å². The van der Waals surface area contributed by atoms with E-state index in [9.17, 15) is 14.4 Å². The van der Waals surface area contributed by atoms with E-state index >= 15 is 0 Å². The first-order valence-corrected chi connectivity index (χ1v) is 10.4. The molecule has 162 valence electrons. The average Bonchev–Trinajstić information content (AvgIpc) is 3.06. The fourth-order valence-electron chi connectivity index (χ4n) is 3.43. The molecule has 3 aromatic rings. The van der Waals surface area contributed by atoms with Crippen LogP contribution in [-0.2, 0) is 16.1 Å². The van der Waals surface area contributed by atoms with Crippen LogP contribution in [0.5, 0.6) is 0 Å². The largest absolute Gasteiger partial charge is 0.364 e. The highest BCUT2D eigenvalue weighted by atomic mass is 79.9. The first kappa shape index (κ1) is 22.4. The molecule has 0 spiro atoms. The third-order valence-electron chi connectivity index (χ3n) is 4.85. The summed E-state index contributed by atoms with van der Waals surface area (Å²) in [4.78, 5) is 43.3. The molecule has 0 saturated heterocycles. The number of likely N-dealkylation sites (N-methyl/N-ethyl adjacent to an activating group) is 1. The zero-order valence-corrected chi connectivity index (χ0v) is 19.0. The van der Waals surface area contributed by atoms with Crippen molar-refractivity contribution in [3.05, 3.63) is 52.8 Å². The molecule has 2 heterocycles. The number of rotatable bonds is 7. The molecule has 1 atom stereocenters. The Morgan fingerprint density at radius 2 is 1.87 bits per heavy atom. The van der Waals surface area contributed by atoms with Crippen molar-refractivity contribution in [3.8, 4) is 0 Å². The number of nitrogens with two attached hydrogens (primary N) is 1. The summed E-state index contributed by atoms with van der Waals surface area (Å²) in [6, 6.07) is 11.5. The summed E-state index contributed by atoms with van der Waals surface area (Å²) in [7, 11) is 1.57. The molecule has 1 unspecified atom stereocenters. The SMILES string of the molecule is CC(C)C(C(=O)Nc1cccc(Br)n1)N(C)C(=O)Cn1nc(C(N)=O)c2ccccc21. The molecule has 0 bridgehead atoms. The number of hydrogen-bond donors (Lipinski definition) is 2. The van der Waals surface area contributed by atoms with Crippen molar-refractivity contribution in [3.63, 3.8) is 0 Å². The minimum atomic E-state index is -0.731. The molecule has 3 amide bonds. The Morgan fingerprint density at radius 3 is 2.52 bits per heavy atom. The number of primary amides is 1. The second-order valence-corrected chi connectivity index (χ2v) is 8.23. The van der Waals surface area contributed by atoms with E-state index in [1.165, 1.54) is 9.58 Å². The Morgan fingerprint density at radius 1 is 1.16 bits per heavy atom. The van der Waals surface area contributed by atoms with Gasteiger partial charge in [0.1, 0.15) is 23.0 Å². The molecule has 0 aliphatic heterocycles. The topological polar surface area (TPSA) is 123 Å². The number of pyridine rings is 1. The molecule has 3 N–H and O–H groups in total. The highest BCUT2D eigenvalue weighted by Crippen LogP contribution is 2.19. The Kier molecular flexibility index (Phi) is 6.69. The predicted molar refractivity (Wildman–Crippen MR) is 120 cm³/mol. The van der Waals surface area contributed by atoms with Crippen LogP contribution in [0.4, 0.5) is 5.82 Å². The molecule has 0 radical (unpaired) electrons. The number of anilines is 1. The zero-order chi connectivity index (χ0) is 22.7. The van der Waals surface area contributed by atoms with Gasteiger partial charge in [-0.15, -0.1) is 0 Å². The van der Waals surface area contributed by atoms with Crippen molar-refractivity contribution in [1.82, 2.24) is 19.7 Å². The summed E-state index contributed by atoms with van der Waals surface area (Å²) in [5.41, 5.74) is 6.14. The van der Waals surface area contributed by atoms with Gasteiger partial charge in [-0.25, -0.2) is 4.98 Å². The predicted octanol–water partition coefficient (Wildman–Crippen LogP) is 2.41. The lowest BCUT2D eigenvalue weighted by molar-refractivity contribution is -0.139. The van der Waals surface area contributed by atoms with Gasteiger partial charge in [-0.2, -0.15) is 5.10 Å². The number of carbonyl (C=O) groups is 3. The minimum Gasteiger partial charge on any atom is -0.364 e. The lowest BCUT2D eigenvalue weighted by atomic mass is 10.0. The van der Waals surface area contributed by atoms with Crippen LogP contribution in [0.15, 0.2) is 47.1 Å². The van der Waals surface area contributed by atoms with Gasteiger partial charge >= 0.3 is 0 Å². The first-order chi connectivity index (χ1) is 14.7. The number of hydrogen-bond acceptors (Lipinski definition) is 5. The van der Waals surface area contributed by atoms with E-state index in [1.807, 2.05) is 13.8 Å². The van der Waals surface area contributed by atoms with Gasteiger partial charge in [0.25, 0.3) is 5.91 Å². The smallest absolute Gasteiger partial charge is 0.269 e. The van der Waals surface area contributed by atoms with E-state index in [-0.39, 0.29) is 30.0 Å². The maximum Gasteiger partial charge on any atom is 0.269 e. The third kappa shape index (κ3) is 4.91. The number of fused-ring (bicyclic) bond motifs is 1. The molecule has 0 aliphatic carbocycles. The van der Waals surface area contributed by atoms with Gasteiger partial charge < -0.3 is 16.0 Å². The second kappa shape index (κ2) is 9.25. The van der Waals surface area contributed by atoms with Gasteiger partial charge in [-0.3, -0.25) is 19.1 Å². The Hall–Kier alpha value is -3.27. The number of carbonyl (C=O) groups excluding carboxylic acids is 3. The summed E-state index contributed by atoms with van der Waals surface area (Å²) < 4.78 is 2.02. The van der Waals surface area contributed by atoms with E-state index in [4.69, 9.17) is 5.73 Å². The maximum absolute atomic E-state index is 13.0. The van der Waals surface area contributed by atoms with Crippen LogP contribution in [0.1, 0.15) is 24.3 Å². The van der Waals surface area contributed by atoms with Gasteiger partial charge in [0.2, 0.25) is 11.8 Å². The van der Waals surface area contributed by atoms with Crippen molar-refractivity contribution < 1.29 is 14.4 Å². The highest BCUT2D eigenvalue weighted by Gasteiger charge is 2.30. The standard InChI is InChI=1S/C21H23BrN6O3/c1-12(2)19(21(31)25-16-10-6-9-15(22)24-16)27(3)17(29)11-28-14-8-5-4-7-13(14)18(26-28)20(23)30/h4-10,12,19H,11H2,1-3H3,(H2,23,30)(H,24,25,31). The molecule has 0 fully saturated rings. The number of aromatic nitrogens is 3. The molecule has 10 heteroatoms. The third-order valence-corrected chi connectivity index (χ3v) is 5.30. The minimum absolute atomic E-state index is 0.102. The van der Waals surface area contributed by atoms with Crippen LogP contribution in [-0.4, -0.2) is 50.5 Å². The van der Waals surface area contributed by atoms with Crippen molar-refractivity contribution in [2.24, 2.45) is 11.7 Å². The van der Waals surface area contributed by atoms with Crippen LogP contribution < -0.4 is 11.1 Å². The monoisotopic (exact) mass is 486 g/mol. The second-order valence-electron chi connectivity index (χ2n) is 7.42. The van der Waals surface area contributed by atoms with E-state index < -0.39 is 11.9 Å². The molecular weight excluding hydrogens is 464 g/mol. The molecule has 1 aromatic carbocycles. The summed E-state index contributed by atoms with van der Waals surface area (Å²) in [5, 5.41) is 7.54. The van der Waals surface area contributed by atoms with Gasteiger partial charge in [-0.1, -0.05) is 38.1 Å². The van der Waals surface area contributed by atoms with E-state index in [0.29, 0.717) is 21.3 Å². The van der Waals surface area contributed by atoms with Crippen LogP contribution in [0.2, 0.25) is 0 Å². The van der Waals surface area contributed by atoms with Gasteiger partial charge in [0.15, 0.2) is 5.69 Å². The Labute approximate surface area is 187 Å². The normalized spacial score (nSPS) is 12.0. The number of benzene rings is 1. The van der Waals surface area contributed by atoms with Crippen LogP contribution >= 0.6 is 15.9 Å². The Balaban J connectivity index is 1.82. The highest BCUT2D eigenvalue weighted by molar-refractivity contribution is 9.10. The number of nitrogens with one attached hydrogen (secondary N) is 1. The van der Waals surface area contributed by atoms with Crippen LogP contribution in [0, 0.1) is 5.92 Å². The number of para-hydroxylation sites is 1. The lowest BCUT2D eigenvalue weighted by Crippen LogP contribution is -2.49. The molecule has 3 rings (SSSR count). The maximum atomic E-state index is 13.0. The summed E-state index contributed by atoms with van der Waals surface area (Å²) >= 11 is 3.27. The molecule has 0 saturated carbocycles. The van der Waals surface area contributed by atoms with Gasteiger partial charge in [0, 0.05) is 12.4 Å². The Bertz CT molecular complexity index is 1140. The fourth-order valence-corrected chi connectivity index (χ4v) is 3.77. The van der Waals surface area contributed by atoms with Crippen LogP contribution in [0.3, 0.4) is 0 Å². The summed E-state index contributed by atoms with van der Waals surface area (Å²) in [6.07, 6.45) is 0. The zero-order valence-electron chi connectivity index (χ0n) is 17.4. The van der Waals surface area contributed by atoms with Crippen LogP contribution in [0.25, 0.3) is 10.9 Å². The fraction of sp³-hybridized carbons (Fsp3) is 0.286. The molecule has 0 aliphatic rings. The molecule has 31 heavy (non-hydrogen) atoms. The van der Waals surface area contributed by atoms with E-state index in [1.54, 1.807) is 49.5 Å². The first-order valence-electron chi connectivity index (χ1n) is 9.63. The van der Waals surface area contributed by atoms with E-state index in [0.717, 1.165) is 0 Å². The van der Waals surface area contributed by atoms with E-state index in [2.05, 4.69) is 31.3 Å². The molecule has 9 nitrogen and oxygen atoms in total. The average molecular weight is 487 g/mol. The number of amides is 3. The number of nitrogens with zero attached hydrogens (tertiary/aromatic N) is 4. The summed E-state index contributed by atoms with van der Waals surface area (Å²) in [5.74, 6) is -1.12. The number of halogens is 1. The van der Waals surface area contributed by atoms with Gasteiger partial charge in [0.05, 0.1) is 5.52 Å². The van der Waals surface area contributed by atoms with Crippen molar-refractivity contribution in [1.29, 1.82) is 0 Å².